The Hall–Kier alpha value is -0.560. The highest BCUT2D eigenvalue weighted by Gasteiger charge is 2.15. The number of rotatable bonds is 0. The van der Waals surface area contributed by atoms with E-state index in [2.05, 4.69) is 25.8 Å². The molecule has 0 aliphatic carbocycles. The fourth-order valence-corrected chi connectivity index (χ4v) is 1.27. The third kappa shape index (κ3) is 2.21. The summed E-state index contributed by atoms with van der Waals surface area (Å²) >= 11 is 5.92. The monoisotopic (exact) mass is 183 g/mol. The van der Waals surface area contributed by atoms with Crippen molar-refractivity contribution in [2.45, 2.75) is 33.1 Å². The van der Waals surface area contributed by atoms with E-state index in [1.165, 1.54) is 0 Å². The third-order valence-corrected chi connectivity index (χ3v) is 1.90. The molecule has 0 unspecified atom stereocenters. The Morgan fingerprint density at radius 1 is 1.25 bits per heavy atom. The predicted molar refractivity (Wildman–Crippen MR) is 52.7 cm³/mol. The SMILES string of the molecule is Cc1cc(Cl)cc(C(C)(C)C)n1. The lowest BCUT2D eigenvalue weighted by atomic mass is 9.91. The van der Waals surface area contributed by atoms with E-state index in [4.69, 9.17) is 11.6 Å². The van der Waals surface area contributed by atoms with Gasteiger partial charge < -0.3 is 0 Å². The van der Waals surface area contributed by atoms with Crippen LogP contribution in [0.2, 0.25) is 5.02 Å². The molecule has 0 aliphatic heterocycles. The van der Waals surface area contributed by atoms with Crippen LogP contribution in [0.25, 0.3) is 0 Å². The van der Waals surface area contributed by atoms with Crippen LogP contribution >= 0.6 is 11.6 Å². The van der Waals surface area contributed by atoms with Crippen LogP contribution in [0.15, 0.2) is 12.1 Å². The van der Waals surface area contributed by atoms with Crippen molar-refractivity contribution >= 4 is 11.6 Å². The van der Waals surface area contributed by atoms with Crippen LogP contribution < -0.4 is 0 Å². The van der Waals surface area contributed by atoms with E-state index in [1.54, 1.807) is 0 Å². The van der Waals surface area contributed by atoms with Gasteiger partial charge in [-0.1, -0.05) is 32.4 Å². The van der Waals surface area contributed by atoms with Gasteiger partial charge >= 0.3 is 0 Å². The van der Waals surface area contributed by atoms with Crippen molar-refractivity contribution in [3.05, 3.63) is 28.5 Å². The van der Waals surface area contributed by atoms with E-state index in [-0.39, 0.29) is 5.41 Å². The molecule has 1 aromatic rings. The summed E-state index contributed by atoms with van der Waals surface area (Å²) in [7, 11) is 0. The molecule has 0 amide bonds. The number of hydrogen-bond donors (Lipinski definition) is 0. The Morgan fingerprint density at radius 2 is 1.83 bits per heavy atom. The molecule has 0 saturated heterocycles. The van der Waals surface area contributed by atoms with Crippen LogP contribution in [0.5, 0.6) is 0 Å². The smallest absolute Gasteiger partial charge is 0.0475 e. The highest BCUT2D eigenvalue weighted by Crippen LogP contribution is 2.23. The number of nitrogens with zero attached hydrogens (tertiary/aromatic N) is 1. The molecule has 1 heterocycles. The van der Waals surface area contributed by atoms with E-state index in [0.717, 1.165) is 16.4 Å². The molecule has 0 radical (unpaired) electrons. The number of hydrogen-bond acceptors (Lipinski definition) is 1. The Bertz CT molecular complexity index is 266. The normalized spacial score (nSPS) is 11.8. The molecular weight excluding hydrogens is 170 g/mol. The summed E-state index contributed by atoms with van der Waals surface area (Å²) in [6.45, 7) is 8.35. The van der Waals surface area contributed by atoms with Crippen LogP contribution in [0.1, 0.15) is 32.2 Å². The first-order valence-electron chi connectivity index (χ1n) is 4.04. The molecule has 0 aliphatic rings. The second-order valence-electron chi connectivity index (χ2n) is 4.06. The van der Waals surface area contributed by atoms with Gasteiger partial charge in [0.1, 0.15) is 0 Å². The molecule has 0 bridgehead atoms. The van der Waals surface area contributed by atoms with Crippen molar-refractivity contribution in [2.75, 3.05) is 0 Å². The van der Waals surface area contributed by atoms with Crippen molar-refractivity contribution in [1.82, 2.24) is 4.98 Å². The zero-order chi connectivity index (χ0) is 9.35. The summed E-state index contributed by atoms with van der Waals surface area (Å²) in [5.74, 6) is 0. The van der Waals surface area contributed by atoms with Gasteiger partial charge in [0.05, 0.1) is 0 Å². The Balaban J connectivity index is 3.18. The summed E-state index contributed by atoms with van der Waals surface area (Å²) in [5.41, 5.74) is 2.11. The molecule has 12 heavy (non-hydrogen) atoms. The maximum atomic E-state index is 5.92. The predicted octanol–water partition coefficient (Wildman–Crippen LogP) is 3.34. The summed E-state index contributed by atoms with van der Waals surface area (Å²) < 4.78 is 0. The zero-order valence-corrected chi connectivity index (χ0v) is 8.74. The van der Waals surface area contributed by atoms with Crippen molar-refractivity contribution in [3.63, 3.8) is 0 Å². The maximum absolute atomic E-state index is 5.92. The maximum Gasteiger partial charge on any atom is 0.0475 e. The highest BCUT2D eigenvalue weighted by atomic mass is 35.5. The number of aryl methyl sites for hydroxylation is 1. The van der Waals surface area contributed by atoms with Gasteiger partial charge in [-0.05, 0) is 19.1 Å². The Morgan fingerprint density at radius 3 is 2.25 bits per heavy atom. The van der Waals surface area contributed by atoms with Gasteiger partial charge in [0, 0.05) is 21.8 Å². The molecule has 1 nitrogen and oxygen atoms in total. The molecule has 0 spiro atoms. The number of halogens is 1. The average molecular weight is 184 g/mol. The average Bonchev–Trinajstić information content (AvgIpc) is 1.82. The lowest BCUT2D eigenvalue weighted by molar-refractivity contribution is 0.567. The van der Waals surface area contributed by atoms with Gasteiger partial charge in [0.2, 0.25) is 0 Å². The number of aromatic nitrogens is 1. The molecular formula is C10H14ClN. The largest absolute Gasteiger partial charge is 0.258 e. The molecule has 1 aromatic heterocycles. The van der Waals surface area contributed by atoms with Gasteiger partial charge in [-0.25, -0.2) is 0 Å². The lowest BCUT2D eigenvalue weighted by Crippen LogP contribution is -2.13. The lowest BCUT2D eigenvalue weighted by Gasteiger charge is -2.18. The Kier molecular flexibility index (Phi) is 2.43. The molecule has 0 fully saturated rings. The van der Waals surface area contributed by atoms with Crippen molar-refractivity contribution < 1.29 is 0 Å². The first kappa shape index (κ1) is 9.53. The van der Waals surface area contributed by atoms with E-state index >= 15 is 0 Å². The topological polar surface area (TPSA) is 12.9 Å². The van der Waals surface area contributed by atoms with Crippen molar-refractivity contribution in [1.29, 1.82) is 0 Å². The third-order valence-electron chi connectivity index (χ3n) is 1.69. The van der Waals surface area contributed by atoms with Crippen molar-refractivity contribution in [2.24, 2.45) is 0 Å². The van der Waals surface area contributed by atoms with Gasteiger partial charge in [0.15, 0.2) is 0 Å². The molecule has 0 saturated carbocycles. The van der Waals surface area contributed by atoms with Gasteiger partial charge in [-0.15, -0.1) is 0 Å². The summed E-state index contributed by atoms with van der Waals surface area (Å²) in [6.07, 6.45) is 0. The van der Waals surface area contributed by atoms with Crippen LogP contribution in [0.4, 0.5) is 0 Å². The second-order valence-corrected chi connectivity index (χ2v) is 4.50. The molecule has 0 atom stereocenters. The number of pyridine rings is 1. The van der Waals surface area contributed by atoms with E-state index in [0.29, 0.717) is 0 Å². The van der Waals surface area contributed by atoms with Gasteiger partial charge in [0.25, 0.3) is 0 Å². The van der Waals surface area contributed by atoms with Crippen LogP contribution in [0.3, 0.4) is 0 Å². The molecule has 66 valence electrons. The minimum Gasteiger partial charge on any atom is -0.258 e. The first-order chi connectivity index (χ1) is 5.39. The van der Waals surface area contributed by atoms with Crippen LogP contribution in [-0.4, -0.2) is 4.98 Å². The van der Waals surface area contributed by atoms with E-state index in [9.17, 15) is 0 Å². The Labute approximate surface area is 78.8 Å². The minimum absolute atomic E-state index is 0.0790. The quantitative estimate of drug-likeness (QED) is 0.601. The fraction of sp³-hybridized carbons (Fsp3) is 0.500. The zero-order valence-electron chi connectivity index (χ0n) is 7.98. The van der Waals surface area contributed by atoms with Gasteiger partial charge in [-0.3, -0.25) is 4.98 Å². The molecule has 0 aromatic carbocycles. The minimum atomic E-state index is 0.0790. The summed E-state index contributed by atoms with van der Waals surface area (Å²) in [5, 5.41) is 0.771. The standard InChI is InChI=1S/C10H14ClN/c1-7-5-8(11)6-9(12-7)10(2,3)4/h5-6H,1-4H3. The molecule has 1 rings (SSSR count). The van der Waals surface area contributed by atoms with Crippen LogP contribution in [0, 0.1) is 6.92 Å². The van der Waals surface area contributed by atoms with E-state index in [1.807, 2.05) is 19.1 Å². The van der Waals surface area contributed by atoms with Crippen molar-refractivity contribution in [3.8, 4) is 0 Å². The summed E-state index contributed by atoms with van der Waals surface area (Å²) in [6, 6.07) is 3.80. The molecule has 2 heteroatoms. The highest BCUT2D eigenvalue weighted by molar-refractivity contribution is 6.30. The fourth-order valence-electron chi connectivity index (χ4n) is 1.01. The molecule has 0 N–H and O–H groups in total. The second kappa shape index (κ2) is 3.06. The van der Waals surface area contributed by atoms with Crippen LogP contribution in [-0.2, 0) is 5.41 Å². The van der Waals surface area contributed by atoms with E-state index < -0.39 is 0 Å². The summed E-state index contributed by atoms with van der Waals surface area (Å²) in [4.78, 5) is 4.42. The van der Waals surface area contributed by atoms with Gasteiger partial charge in [-0.2, -0.15) is 0 Å². The first-order valence-corrected chi connectivity index (χ1v) is 4.42.